The van der Waals surface area contributed by atoms with Crippen molar-refractivity contribution in [3.8, 4) is 0 Å². The minimum absolute atomic E-state index is 0.0929. The zero-order valence-electron chi connectivity index (χ0n) is 28.0. The number of halogens is 3. The molecule has 5 atom stereocenters. The molecule has 6 rings (SSSR count). The van der Waals surface area contributed by atoms with Crippen molar-refractivity contribution in [2.24, 2.45) is 5.92 Å². The Labute approximate surface area is 293 Å². The van der Waals surface area contributed by atoms with Crippen LogP contribution in [0.15, 0.2) is 36.4 Å². The predicted molar refractivity (Wildman–Crippen MR) is 175 cm³/mol. The van der Waals surface area contributed by atoms with Crippen LogP contribution in [0, 0.1) is 5.92 Å². The Hall–Kier alpha value is -4.15. The van der Waals surface area contributed by atoms with Gasteiger partial charge < -0.3 is 20.3 Å². The van der Waals surface area contributed by atoms with Gasteiger partial charge in [0.2, 0.25) is 27.7 Å². The second-order valence-corrected chi connectivity index (χ2v) is 16.1. The van der Waals surface area contributed by atoms with Crippen LogP contribution in [-0.2, 0) is 47.0 Å². The van der Waals surface area contributed by atoms with Crippen molar-refractivity contribution in [1.29, 1.82) is 0 Å². The summed E-state index contributed by atoms with van der Waals surface area (Å²) in [5, 5.41) is 4.47. The monoisotopic (exact) mass is 737 g/mol. The van der Waals surface area contributed by atoms with Gasteiger partial charge in [0.05, 0.1) is 18.2 Å². The summed E-state index contributed by atoms with van der Waals surface area (Å²) < 4.78 is 72.0. The molecule has 2 aliphatic carbocycles. The number of fused-ring (bicyclic) bond motifs is 3. The molecule has 1 saturated heterocycles. The van der Waals surface area contributed by atoms with Crippen molar-refractivity contribution in [3.63, 3.8) is 0 Å². The molecule has 3 aliphatic heterocycles. The van der Waals surface area contributed by atoms with Gasteiger partial charge in [0.1, 0.15) is 23.7 Å². The molecule has 0 spiro atoms. The lowest BCUT2D eigenvalue weighted by Gasteiger charge is -2.30. The summed E-state index contributed by atoms with van der Waals surface area (Å²) in [4.78, 5) is 70.3. The molecule has 13 nitrogen and oxygen atoms in total. The molecule has 1 aromatic rings. The van der Waals surface area contributed by atoms with Gasteiger partial charge in [0.25, 0.3) is 5.91 Å². The summed E-state index contributed by atoms with van der Waals surface area (Å²) in [5.41, 5.74) is 0.297. The normalized spacial score (nSPS) is 29.0. The van der Waals surface area contributed by atoms with Crippen LogP contribution in [0.25, 0.3) is 0 Å². The maximum absolute atomic E-state index is 14.1. The van der Waals surface area contributed by atoms with E-state index < -0.39 is 93.7 Å². The Morgan fingerprint density at radius 3 is 2.39 bits per heavy atom. The highest BCUT2D eigenvalue weighted by Gasteiger charge is 2.62. The third kappa shape index (κ3) is 8.67. The Balaban J connectivity index is 1.24. The third-order valence-electron chi connectivity index (χ3n) is 10.2. The first-order valence-electron chi connectivity index (χ1n) is 17.4. The molecule has 17 heteroatoms. The van der Waals surface area contributed by atoms with Gasteiger partial charge in [-0.3, -0.25) is 28.8 Å². The van der Waals surface area contributed by atoms with Gasteiger partial charge in [-0.1, -0.05) is 49.3 Å². The molecule has 1 aromatic carbocycles. The number of hydrogen-bond acceptors (Lipinski definition) is 8. The van der Waals surface area contributed by atoms with Crippen LogP contribution in [0.3, 0.4) is 0 Å². The summed E-state index contributed by atoms with van der Waals surface area (Å²) in [7, 11) is -3.95. The number of carbonyl (C=O) groups excluding carboxylic acids is 5. The molecule has 0 bridgehead atoms. The number of carbonyl (C=O) groups is 5. The van der Waals surface area contributed by atoms with E-state index in [1.54, 1.807) is 6.08 Å². The fraction of sp³-hybridized carbons (Fsp3) is 0.618. The maximum atomic E-state index is 14.1. The number of nitrogens with one attached hydrogen (secondary N) is 3. The smallest absolute Gasteiger partial charge is 0.410 e. The molecule has 0 aromatic heterocycles. The first-order valence-corrected chi connectivity index (χ1v) is 18.9. The highest BCUT2D eigenvalue weighted by Crippen LogP contribution is 2.46. The molecular formula is C34H42F3N5O8S. The minimum atomic E-state index is -4.58. The van der Waals surface area contributed by atoms with Crippen LogP contribution >= 0.6 is 0 Å². The molecule has 278 valence electrons. The van der Waals surface area contributed by atoms with Crippen LogP contribution < -0.4 is 15.4 Å². The van der Waals surface area contributed by atoms with Crippen LogP contribution in [0.1, 0.15) is 81.8 Å². The predicted octanol–water partition coefficient (Wildman–Crippen LogP) is 2.94. The number of rotatable bonds is 7. The molecule has 5 aliphatic rings. The van der Waals surface area contributed by atoms with Crippen molar-refractivity contribution in [2.75, 3.05) is 6.54 Å². The molecular weight excluding hydrogens is 695 g/mol. The van der Waals surface area contributed by atoms with Gasteiger partial charge in [0, 0.05) is 31.8 Å². The number of nitrogens with zero attached hydrogens (tertiary/aromatic N) is 2. The number of hydrogen-bond donors (Lipinski definition) is 3. The SMILES string of the molecule is O=C(CCC(F)(F)F)N[C@H]1CCCCC/C=C\[C@@H]2C[C@@]2(C(=O)NS(=O)(=O)C2CC2)NC(=O)[C@@H]2C[C@@H](OC(=O)N3Cc4ccccc4C3)CN2C1=O. The van der Waals surface area contributed by atoms with E-state index in [4.69, 9.17) is 4.74 Å². The Bertz CT molecular complexity index is 1670. The largest absolute Gasteiger partial charge is 0.444 e. The molecule has 51 heavy (non-hydrogen) atoms. The number of benzene rings is 1. The standard InChI is InChI=1S/C34H42F3N5O8S/c35-34(36,37)15-14-28(43)38-26-11-5-3-1-2-4-10-23-17-33(23,31(46)40-51(48,49)25-12-13-25)39-29(44)27-16-24(20-42(27)30(26)45)50-32(47)41-18-21-8-6-7-9-22(21)19-41/h4,6-10,23-27H,1-3,5,11-20H2,(H,38,43)(H,39,44)(H,40,46)/b10-4-/t23-,24-,26+,27+,33-/m1/s1. The molecule has 2 saturated carbocycles. The summed E-state index contributed by atoms with van der Waals surface area (Å²) in [5.74, 6) is -3.90. The van der Waals surface area contributed by atoms with Gasteiger partial charge >= 0.3 is 12.3 Å². The number of allylic oxidation sites excluding steroid dienone is 1. The number of amides is 5. The molecule has 0 unspecified atom stereocenters. The van der Waals surface area contributed by atoms with E-state index in [1.165, 1.54) is 4.90 Å². The van der Waals surface area contributed by atoms with E-state index in [0.29, 0.717) is 51.6 Å². The zero-order valence-corrected chi connectivity index (χ0v) is 28.8. The second kappa shape index (κ2) is 14.5. The fourth-order valence-electron chi connectivity index (χ4n) is 7.05. The van der Waals surface area contributed by atoms with Crippen molar-refractivity contribution in [2.45, 2.75) is 119 Å². The summed E-state index contributed by atoms with van der Waals surface area (Å²) in [6, 6.07) is 4.92. The summed E-state index contributed by atoms with van der Waals surface area (Å²) in [6.45, 7) is 0.351. The molecule has 0 radical (unpaired) electrons. The minimum Gasteiger partial charge on any atom is -0.444 e. The molecule has 3 fully saturated rings. The average Bonchev–Trinajstić information content (AvgIpc) is 3.96. The Kier molecular flexibility index (Phi) is 10.4. The fourth-order valence-corrected chi connectivity index (χ4v) is 8.41. The van der Waals surface area contributed by atoms with Gasteiger partial charge in [-0.2, -0.15) is 13.2 Å². The van der Waals surface area contributed by atoms with Gasteiger partial charge in [-0.15, -0.1) is 0 Å². The molecule has 3 heterocycles. The molecule has 3 N–H and O–H groups in total. The lowest BCUT2D eigenvalue weighted by molar-refractivity contribution is -0.146. The lowest BCUT2D eigenvalue weighted by Crippen LogP contribution is -2.58. The third-order valence-corrected chi connectivity index (χ3v) is 12.0. The molecule has 5 amide bonds. The highest BCUT2D eigenvalue weighted by atomic mass is 32.2. The van der Waals surface area contributed by atoms with E-state index in [9.17, 15) is 45.6 Å². The van der Waals surface area contributed by atoms with Gasteiger partial charge in [-0.25, -0.2) is 13.2 Å². The van der Waals surface area contributed by atoms with E-state index in [-0.39, 0.29) is 25.8 Å². The van der Waals surface area contributed by atoms with Crippen molar-refractivity contribution < 1.29 is 50.3 Å². The van der Waals surface area contributed by atoms with Crippen LogP contribution in [0.2, 0.25) is 0 Å². The van der Waals surface area contributed by atoms with Crippen molar-refractivity contribution in [1.82, 2.24) is 25.2 Å². The van der Waals surface area contributed by atoms with Crippen LogP contribution in [-0.4, -0.2) is 89.6 Å². The van der Waals surface area contributed by atoms with Crippen LogP contribution in [0.4, 0.5) is 18.0 Å². The van der Waals surface area contributed by atoms with Gasteiger partial charge in [-0.05, 0) is 49.7 Å². The second-order valence-electron chi connectivity index (χ2n) is 14.1. The van der Waals surface area contributed by atoms with Crippen molar-refractivity contribution in [3.05, 3.63) is 47.5 Å². The summed E-state index contributed by atoms with van der Waals surface area (Å²) in [6.07, 6.45) is -1.69. The van der Waals surface area contributed by atoms with E-state index >= 15 is 0 Å². The van der Waals surface area contributed by atoms with Gasteiger partial charge in [0.15, 0.2) is 0 Å². The highest BCUT2D eigenvalue weighted by molar-refractivity contribution is 7.91. The topological polar surface area (TPSA) is 171 Å². The Morgan fingerprint density at radius 2 is 1.73 bits per heavy atom. The average molecular weight is 738 g/mol. The van der Waals surface area contributed by atoms with E-state index in [0.717, 1.165) is 16.0 Å². The first-order chi connectivity index (χ1) is 24.1. The quantitative estimate of drug-likeness (QED) is 0.359. The van der Waals surface area contributed by atoms with Crippen LogP contribution in [0.5, 0.6) is 0 Å². The lowest BCUT2D eigenvalue weighted by atomic mass is 10.0. The number of sulfonamides is 1. The number of ether oxygens (including phenoxy) is 1. The maximum Gasteiger partial charge on any atom is 0.410 e. The number of alkyl halides is 3. The zero-order chi connectivity index (χ0) is 36.6. The van der Waals surface area contributed by atoms with E-state index in [1.807, 2.05) is 30.3 Å². The van der Waals surface area contributed by atoms with E-state index in [2.05, 4.69) is 15.4 Å². The first kappa shape index (κ1) is 36.6. The Morgan fingerprint density at radius 1 is 1.02 bits per heavy atom. The van der Waals surface area contributed by atoms with Crippen molar-refractivity contribution >= 4 is 39.7 Å². The summed E-state index contributed by atoms with van der Waals surface area (Å²) >= 11 is 0.